The lowest BCUT2D eigenvalue weighted by Crippen LogP contribution is -2.17. The number of fused-ring (bicyclic) bond motifs is 1. The molecule has 3 aromatic heterocycles. The van der Waals surface area contributed by atoms with Crippen molar-refractivity contribution < 1.29 is 14.3 Å². The number of hydrogen-bond acceptors (Lipinski definition) is 6. The maximum Gasteiger partial charge on any atom is 0.344 e. The number of para-hydroxylation sites is 1. The molecule has 4 rings (SSSR count). The molecule has 144 valence electrons. The first kappa shape index (κ1) is 18.4. The lowest BCUT2D eigenvalue weighted by Gasteiger charge is -2.10. The van der Waals surface area contributed by atoms with Gasteiger partial charge in [0.2, 0.25) is 5.88 Å². The maximum absolute atomic E-state index is 12.6. The highest BCUT2D eigenvalue weighted by molar-refractivity contribution is 5.91. The first-order valence-corrected chi connectivity index (χ1v) is 8.94. The molecule has 0 atom stereocenters. The first-order valence-electron chi connectivity index (χ1n) is 8.94. The van der Waals surface area contributed by atoms with Crippen molar-refractivity contribution in [2.45, 2.75) is 13.5 Å². The number of carbonyl (C=O) groups excluding carboxylic acids is 1. The third-order valence-electron chi connectivity index (χ3n) is 4.18. The summed E-state index contributed by atoms with van der Waals surface area (Å²) < 4.78 is 12.5. The smallest absolute Gasteiger partial charge is 0.344 e. The Balaban J connectivity index is 1.53. The largest absolute Gasteiger partial charge is 0.455 e. The molecule has 0 radical (unpaired) electrons. The Kier molecular flexibility index (Phi) is 5.03. The van der Waals surface area contributed by atoms with Crippen molar-refractivity contribution in [1.29, 1.82) is 0 Å². The summed E-state index contributed by atoms with van der Waals surface area (Å²) in [6.07, 6.45) is 3.20. The molecule has 7 nitrogen and oxygen atoms in total. The van der Waals surface area contributed by atoms with Crippen LogP contribution in [0.25, 0.3) is 5.65 Å². The van der Waals surface area contributed by atoms with Crippen LogP contribution in [0.2, 0.25) is 0 Å². The van der Waals surface area contributed by atoms with Gasteiger partial charge in [-0.3, -0.25) is 9.20 Å². The van der Waals surface area contributed by atoms with E-state index in [1.165, 1.54) is 16.7 Å². The molecule has 0 spiro atoms. The van der Waals surface area contributed by atoms with Crippen molar-refractivity contribution in [3.8, 4) is 11.6 Å². The molecule has 0 saturated heterocycles. The number of nitrogens with zero attached hydrogens (tertiary/aromatic N) is 3. The predicted octanol–water partition coefficient (Wildman–Crippen LogP) is 3.55. The highest BCUT2D eigenvalue weighted by atomic mass is 16.5. The zero-order valence-corrected chi connectivity index (χ0v) is 15.6. The average molecular weight is 387 g/mol. The molecule has 0 N–H and O–H groups in total. The van der Waals surface area contributed by atoms with E-state index in [1.807, 2.05) is 31.2 Å². The van der Waals surface area contributed by atoms with Gasteiger partial charge >= 0.3 is 5.97 Å². The summed E-state index contributed by atoms with van der Waals surface area (Å²) >= 11 is 0. The number of carbonyl (C=O) groups is 1. The monoisotopic (exact) mass is 387 g/mol. The van der Waals surface area contributed by atoms with Crippen LogP contribution >= 0.6 is 0 Å². The molecule has 0 aliphatic rings. The third-order valence-corrected chi connectivity index (χ3v) is 4.18. The first-order chi connectivity index (χ1) is 14.1. The van der Waals surface area contributed by atoms with Gasteiger partial charge in [-0.25, -0.2) is 14.8 Å². The van der Waals surface area contributed by atoms with Crippen molar-refractivity contribution in [1.82, 2.24) is 14.4 Å². The summed E-state index contributed by atoms with van der Waals surface area (Å²) in [5, 5.41) is 0. The van der Waals surface area contributed by atoms with Crippen LogP contribution in [-0.4, -0.2) is 20.3 Å². The van der Waals surface area contributed by atoms with Crippen LogP contribution in [0.1, 0.15) is 21.6 Å². The second-order valence-electron chi connectivity index (χ2n) is 6.37. The number of benzene rings is 1. The van der Waals surface area contributed by atoms with Gasteiger partial charge in [-0.2, -0.15) is 0 Å². The average Bonchev–Trinajstić information content (AvgIpc) is 2.73. The minimum Gasteiger partial charge on any atom is -0.455 e. The maximum atomic E-state index is 12.6. The van der Waals surface area contributed by atoms with E-state index in [9.17, 15) is 9.59 Å². The van der Waals surface area contributed by atoms with E-state index in [4.69, 9.17) is 9.47 Å². The lowest BCUT2D eigenvalue weighted by molar-refractivity contribution is 0.0464. The molecular weight excluding hydrogens is 370 g/mol. The predicted molar refractivity (Wildman–Crippen MR) is 106 cm³/mol. The summed E-state index contributed by atoms with van der Waals surface area (Å²) in [7, 11) is 0. The van der Waals surface area contributed by atoms with Gasteiger partial charge in [0, 0.05) is 18.5 Å². The van der Waals surface area contributed by atoms with E-state index in [-0.39, 0.29) is 23.6 Å². The fourth-order valence-electron chi connectivity index (χ4n) is 2.77. The van der Waals surface area contributed by atoms with Crippen LogP contribution in [0.15, 0.2) is 77.9 Å². The van der Waals surface area contributed by atoms with Crippen LogP contribution in [-0.2, 0) is 11.3 Å². The normalized spacial score (nSPS) is 10.7. The third kappa shape index (κ3) is 4.14. The minimum absolute atomic E-state index is 0.141. The fourth-order valence-corrected chi connectivity index (χ4v) is 2.77. The van der Waals surface area contributed by atoms with Crippen molar-refractivity contribution >= 4 is 11.6 Å². The molecule has 7 heteroatoms. The standard InChI is InChI=1S/C22H17N3O4/c1-15-9-11-25-19(12-15)24-16(13-20(25)26)14-28-22(27)18-8-5-10-23-21(18)29-17-6-3-2-4-7-17/h2-13H,14H2,1H3. The van der Waals surface area contributed by atoms with Crippen LogP contribution in [0.4, 0.5) is 0 Å². The number of rotatable bonds is 5. The van der Waals surface area contributed by atoms with Gasteiger partial charge in [0.25, 0.3) is 5.56 Å². The van der Waals surface area contributed by atoms with E-state index in [0.717, 1.165) is 5.56 Å². The Labute approximate surface area is 166 Å². The Morgan fingerprint density at radius 1 is 1.07 bits per heavy atom. The van der Waals surface area contributed by atoms with E-state index in [2.05, 4.69) is 9.97 Å². The molecule has 0 unspecified atom stereocenters. The highest BCUT2D eigenvalue weighted by Gasteiger charge is 2.16. The number of pyridine rings is 2. The van der Waals surface area contributed by atoms with Gasteiger partial charge in [-0.15, -0.1) is 0 Å². The van der Waals surface area contributed by atoms with Crippen molar-refractivity contribution in [2.75, 3.05) is 0 Å². The van der Waals surface area contributed by atoms with Gasteiger partial charge in [0.15, 0.2) is 0 Å². The Morgan fingerprint density at radius 2 is 1.90 bits per heavy atom. The Bertz CT molecular complexity index is 1240. The molecule has 0 fully saturated rings. The van der Waals surface area contributed by atoms with Crippen LogP contribution in [0.3, 0.4) is 0 Å². The number of ether oxygens (including phenoxy) is 2. The van der Waals surface area contributed by atoms with Crippen LogP contribution < -0.4 is 10.3 Å². The van der Waals surface area contributed by atoms with E-state index >= 15 is 0 Å². The zero-order valence-electron chi connectivity index (χ0n) is 15.6. The van der Waals surface area contributed by atoms with E-state index in [0.29, 0.717) is 17.1 Å². The SMILES string of the molecule is Cc1ccn2c(=O)cc(COC(=O)c3cccnc3Oc3ccccc3)nc2c1. The van der Waals surface area contributed by atoms with Crippen LogP contribution in [0.5, 0.6) is 11.6 Å². The zero-order chi connectivity index (χ0) is 20.2. The molecule has 0 aliphatic heterocycles. The van der Waals surface area contributed by atoms with E-state index < -0.39 is 5.97 Å². The molecule has 0 aliphatic carbocycles. The molecule has 4 aromatic rings. The number of hydrogen-bond donors (Lipinski definition) is 0. The van der Waals surface area contributed by atoms with Gasteiger partial charge in [-0.1, -0.05) is 18.2 Å². The molecule has 29 heavy (non-hydrogen) atoms. The summed E-state index contributed by atoms with van der Waals surface area (Å²) in [4.78, 5) is 33.3. The summed E-state index contributed by atoms with van der Waals surface area (Å²) in [5.41, 5.74) is 1.78. The molecule has 0 saturated carbocycles. The summed E-state index contributed by atoms with van der Waals surface area (Å²) in [5.74, 6) is 0.0842. The minimum atomic E-state index is -0.615. The van der Waals surface area contributed by atoms with Gasteiger partial charge in [-0.05, 0) is 48.9 Å². The van der Waals surface area contributed by atoms with E-state index in [1.54, 1.807) is 36.5 Å². The fraction of sp³-hybridized carbons (Fsp3) is 0.0909. The highest BCUT2D eigenvalue weighted by Crippen LogP contribution is 2.23. The van der Waals surface area contributed by atoms with Gasteiger partial charge in [0.05, 0.1) is 5.69 Å². The summed E-state index contributed by atoms with van der Waals surface area (Å²) in [6.45, 7) is 1.77. The quantitative estimate of drug-likeness (QED) is 0.487. The molecule has 1 aromatic carbocycles. The number of aromatic nitrogens is 3. The molecule has 3 heterocycles. The lowest BCUT2D eigenvalue weighted by atomic mass is 10.2. The Morgan fingerprint density at radius 3 is 2.72 bits per heavy atom. The number of esters is 1. The van der Waals surface area contributed by atoms with Crippen molar-refractivity contribution in [3.63, 3.8) is 0 Å². The van der Waals surface area contributed by atoms with Crippen molar-refractivity contribution in [2.24, 2.45) is 0 Å². The van der Waals surface area contributed by atoms with Crippen LogP contribution in [0, 0.1) is 6.92 Å². The van der Waals surface area contributed by atoms with Gasteiger partial charge in [0.1, 0.15) is 23.6 Å². The second-order valence-corrected chi connectivity index (χ2v) is 6.37. The Hall–Kier alpha value is -4.00. The molecular formula is C22H17N3O4. The van der Waals surface area contributed by atoms with Crippen molar-refractivity contribution in [3.05, 3.63) is 100 Å². The number of aryl methyl sites for hydroxylation is 1. The molecule has 0 amide bonds. The second kappa shape index (κ2) is 7.93. The summed E-state index contributed by atoms with van der Waals surface area (Å²) in [6, 6.07) is 17.2. The van der Waals surface area contributed by atoms with Gasteiger partial charge < -0.3 is 9.47 Å². The molecule has 0 bridgehead atoms. The topological polar surface area (TPSA) is 82.8 Å².